The van der Waals surface area contributed by atoms with Gasteiger partial charge in [0.2, 0.25) is 5.78 Å². The van der Waals surface area contributed by atoms with Gasteiger partial charge in [-0.3, -0.25) is 4.79 Å². The molecule has 0 aliphatic carbocycles. The van der Waals surface area contributed by atoms with Crippen molar-refractivity contribution in [1.82, 2.24) is 0 Å². The van der Waals surface area contributed by atoms with E-state index in [1.54, 1.807) is 19.1 Å². The number of hydrogen-bond donors (Lipinski definition) is 0. The van der Waals surface area contributed by atoms with Crippen LogP contribution in [0.4, 0.5) is 4.39 Å². The minimum absolute atomic E-state index is 0.0356. The van der Waals surface area contributed by atoms with Crippen LogP contribution in [-0.4, -0.2) is 24.5 Å². The standard InChI is InChI=1S/C13H12FNO3/c1-2-7-18-13(17)11(14)12(16)10-6-4-3-5-9(10)8-15/h3-6,11H,2,7H2,1H3. The van der Waals surface area contributed by atoms with E-state index >= 15 is 0 Å². The summed E-state index contributed by atoms with van der Waals surface area (Å²) >= 11 is 0. The van der Waals surface area contributed by atoms with Gasteiger partial charge in [0.15, 0.2) is 0 Å². The summed E-state index contributed by atoms with van der Waals surface area (Å²) in [6.07, 6.45) is -1.84. The van der Waals surface area contributed by atoms with Gasteiger partial charge in [-0.25, -0.2) is 9.18 Å². The first-order valence-corrected chi connectivity index (χ1v) is 5.45. The third-order valence-electron chi connectivity index (χ3n) is 2.20. The van der Waals surface area contributed by atoms with Crippen LogP contribution in [0.15, 0.2) is 24.3 Å². The zero-order chi connectivity index (χ0) is 13.5. The van der Waals surface area contributed by atoms with E-state index in [2.05, 4.69) is 4.74 Å². The molecule has 0 aliphatic rings. The summed E-state index contributed by atoms with van der Waals surface area (Å²) in [5.74, 6) is -2.26. The van der Waals surface area contributed by atoms with Crippen LogP contribution in [0.3, 0.4) is 0 Å². The maximum atomic E-state index is 13.6. The second kappa shape index (κ2) is 6.50. The Morgan fingerprint density at radius 1 is 1.44 bits per heavy atom. The average Bonchev–Trinajstić information content (AvgIpc) is 2.42. The number of ether oxygens (including phenoxy) is 1. The molecule has 0 bridgehead atoms. The molecule has 0 fully saturated rings. The molecule has 0 aliphatic heterocycles. The minimum atomic E-state index is -2.38. The van der Waals surface area contributed by atoms with E-state index in [0.717, 1.165) is 0 Å². The van der Waals surface area contributed by atoms with Crippen molar-refractivity contribution in [3.05, 3.63) is 35.4 Å². The Balaban J connectivity index is 2.87. The molecule has 5 heteroatoms. The summed E-state index contributed by atoms with van der Waals surface area (Å²) in [6.45, 7) is 1.82. The van der Waals surface area contributed by atoms with Crippen molar-refractivity contribution in [2.45, 2.75) is 19.5 Å². The number of benzene rings is 1. The van der Waals surface area contributed by atoms with Gasteiger partial charge in [0.25, 0.3) is 6.17 Å². The van der Waals surface area contributed by atoms with Crippen molar-refractivity contribution in [3.8, 4) is 6.07 Å². The van der Waals surface area contributed by atoms with Gasteiger partial charge in [-0.1, -0.05) is 19.1 Å². The quantitative estimate of drug-likeness (QED) is 0.455. The predicted octanol–water partition coefficient (Wildman–Crippen LogP) is 2.03. The summed E-state index contributed by atoms with van der Waals surface area (Å²) in [7, 11) is 0. The van der Waals surface area contributed by atoms with Gasteiger partial charge in [-0.15, -0.1) is 0 Å². The van der Waals surface area contributed by atoms with E-state index in [-0.39, 0.29) is 17.7 Å². The SMILES string of the molecule is CCCOC(=O)C(F)C(=O)c1ccccc1C#N. The Bertz CT molecular complexity index is 493. The lowest BCUT2D eigenvalue weighted by Gasteiger charge is -2.08. The molecule has 0 heterocycles. The van der Waals surface area contributed by atoms with Crippen LogP contribution in [0.5, 0.6) is 0 Å². The maximum Gasteiger partial charge on any atom is 0.349 e. The molecule has 94 valence electrons. The highest BCUT2D eigenvalue weighted by Gasteiger charge is 2.29. The first kappa shape index (κ1) is 13.8. The molecule has 4 nitrogen and oxygen atoms in total. The van der Waals surface area contributed by atoms with Crippen LogP contribution in [0.1, 0.15) is 29.3 Å². The Kier molecular flexibility index (Phi) is 5.00. The van der Waals surface area contributed by atoms with Crippen LogP contribution >= 0.6 is 0 Å². The lowest BCUT2D eigenvalue weighted by molar-refractivity contribution is -0.147. The van der Waals surface area contributed by atoms with Gasteiger partial charge >= 0.3 is 5.97 Å². The smallest absolute Gasteiger partial charge is 0.349 e. The monoisotopic (exact) mass is 249 g/mol. The summed E-state index contributed by atoms with van der Waals surface area (Å²) in [5, 5.41) is 8.79. The lowest BCUT2D eigenvalue weighted by atomic mass is 10.0. The highest BCUT2D eigenvalue weighted by molar-refractivity contribution is 6.12. The number of rotatable bonds is 5. The molecule has 18 heavy (non-hydrogen) atoms. The fraction of sp³-hybridized carbons (Fsp3) is 0.308. The summed E-state index contributed by atoms with van der Waals surface area (Å²) in [6, 6.07) is 7.52. The number of carbonyl (C=O) groups is 2. The number of nitrogens with zero attached hydrogens (tertiary/aromatic N) is 1. The predicted molar refractivity (Wildman–Crippen MR) is 61.6 cm³/mol. The van der Waals surface area contributed by atoms with Crippen molar-refractivity contribution in [3.63, 3.8) is 0 Å². The van der Waals surface area contributed by atoms with E-state index in [9.17, 15) is 14.0 Å². The number of ketones is 1. The van der Waals surface area contributed by atoms with Crippen LogP contribution in [-0.2, 0) is 9.53 Å². The number of hydrogen-bond acceptors (Lipinski definition) is 4. The van der Waals surface area contributed by atoms with Crippen molar-refractivity contribution in [2.24, 2.45) is 0 Å². The fourth-order valence-corrected chi connectivity index (χ4v) is 1.31. The molecule has 1 aromatic rings. The van der Waals surface area contributed by atoms with Crippen molar-refractivity contribution >= 4 is 11.8 Å². The van der Waals surface area contributed by atoms with Gasteiger partial charge in [0.1, 0.15) is 0 Å². The highest BCUT2D eigenvalue weighted by atomic mass is 19.1. The van der Waals surface area contributed by atoms with E-state index in [0.29, 0.717) is 6.42 Å². The number of esters is 1. The zero-order valence-electron chi connectivity index (χ0n) is 9.85. The van der Waals surface area contributed by atoms with E-state index in [1.165, 1.54) is 18.2 Å². The minimum Gasteiger partial charge on any atom is -0.463 e. The second-order valence-corrected chi connectivity index (χ2v) is 3.55. The summed E-state index contributed by atoms with van der Waals surface area (Å²) in [5.41, 5.74) is -0.0746. The highest BCUT2D eigenvalue weighted by Crippen LogP contribution is 2.13. The third kappa shape index (κ3) is 3.14. The maximum absolute atomic E-state index is 13.6. The molecule has 0 spiro atoms. The molecule has 0 N–H and O–H groups in total. The Labute approximate surface area is 104 Å². The first-order chi connectivity index (χ1) is 8.61. The molecule has 0 amide bonds. The van der Waals surface area contributed by atoms with Gasteiger partial charge in [-0.05, 0) is 18.6 Å². The van der Waals surface area contributed by atoms with E-state index in [4.69, 9.17) is 5.26 Å². The number of alkyl halides is 1. The molecular weight excluding hydrogens is 237 g/mol. The van der Waals surface area contributed by atoms with Crippen molar-refractivity contribution in [2.75, 3.05) is 6.61 Å². The first-order valence-electron chi connectivity index (χ1n) is 5.45. The summed E-state index contributed by atoms with van der Waals surface area (Å²) in [4.78, 5) is 22.9. The lowest BCUT2D eigenvalue weighted by Crippen LogP contribution is -2.28. The molecule has 1 rings (SSSR count). The van der Waals surface area contributed by atoms with Gasteiger partial charge < -0.3 is 4.74 Å². The fourth-order valence-electron chi connectivity index (χ4n) is 1.31. The van der Waals surface area contributed by atoms with Crippen LogP contribution in [0.2, 0.25) is 0 Å². The summed E-state index contributed by atoms with van der Waals surface area (Å²) < 4.78 is 18.1. The van der Waals surface area contributed by atoms with Gasteiger partial charge in [0, 0.05) is 5.56 Å². The molecule has 0 radical (unpaired) electrons. The number of carbonyl (C=O) groups excluding carboxylic acids is 2. The molecule has 0 saturated heterocycles. The van der Waals surface area contributed by atoms with Crippen LogP contribution in [0.25, 0.3) is 0 Å². The molecule has 1 atom stereocenters. The van der Waals surface area contributed by atoms with Crippen molar-refractivity contribution in [1.29, 1.82) is 5.26 Å². The van der Waals surface area contributed by atoms with Gasteiger partial charge in [-0.2, -0.15) is 5.26 Å². The molecule has 0 aromatic heterocycles. The Hall–Kier alpha value is -2.22. The third-order valence-corrected chi connectivity index (χ3v) is 2.20. The molecule has 1 aromatic carbocycles. The normalized spacial score (nSPS) is 11.4. The van der Waals surface area contributed by atoms with Gasteiger partial charge in [0.05, 0.1) is 18.2 Å². The molecular formula is C13H12FNO3. The number of nitriles is 1. The second-order valence-electron chi connectivity index (χ2n) is 3.55. The Morgan fingerprint density at radius 3 is 2.72 bits per heavy atom. The Morgan fingerprint density at radius 2 is 2.11 bits per heavy atom. The van der Waals surface area contributed by atoms with E-state index in [1.807, 2.05) is 0 Å². The van der Waals surface area contributed by atoms with Crippen molar-refractivity contribution < 1.29 is 18.7 Å². The van der Waals surface area contributed by atoms with Crippen LogP contribution in [0, 0.1) is 11.3 Å². The zero-order valence-corrected chi connectivity index (χ0v) is 9.85. The number of halogens is 1. The molecule has 1 unspecified atom stereocenters. The number of Topliss-reactive ketones (excluding diaryl/α,β-unsaturated/α-hetero) is 1. The van der Waals surface area contributed by atoms with Crippen LogP contribution < -0.4 is 0 Å². The van der Waals surface area contributed by atoms with E-state index < -0.39 is 17.9 Å². The average molecular weight is 249 g/mol. The largest absolute Gasteiger partial charge is 0.463 e. The topological polar surface area (TPSA) is 67.2 Å². The molecule has 0 saturated carbocycles.